The monoisotopic (exact) mass is 233 g/mol. The Hall–Kier alpha value is 0.0569. The molecule has 1 heterocycles. The second-order valence-corrected chi connectivity index (χ2v) is 5.23. The first kappa shape index (κ1) is 13.1. The molecule has 4 nitrogen and oxygen atoms in total. The molecule has 1 rings (SSSR count). The highest BCUT2D eigenvalue weighted by molar-refractivity contribution is 6.46. The van der Waals surface area contributed by atoms with Crippen molar-refractivity contribution in [2.75, 3.05) is 26.4 Å². The summed E-state index contributed by atoms with van der Waals surface area (Å²) in [5, 5.41) is 0. The van der Waals surface area contributed by atoms with Gasteiger partial charge in [-0.05, 0) is 20.3 Å². The SMILES string of the molecule is CCO[Si](OCC)C(CC)OCC1CO1. The van der Waals surface area contributed by atoms with Crippen molar-refractivity contribution in [1.29, 1.82) is 0 Å². The van der Waals surface area contributed by atoms with Crippen LogP contribution in [0.1, 0.15) is 27.2 Å². The van der Waals surface area contributed by atoms with Crippen molar-refractivity contribution in [1.82, 2.24) is 0 Å². The maximum Gasteiger partial charge on any atom is 0.416 e. The van der Waals surface area contributed by atoms with E-state index >= 15 is 0 Å². The fraction of sp³-hybridized carbons (Fsp3) is 1.00. The van der Waals surface area contributed by atoms with Gasteiger partial charge in [0.15, 0.2) is 0 Å². The lowest BCUT2D eigenvalue weighted by Crippen LogP contribution is -2.39. The van der Waals surface area contributed by atoms with Crippen LogP contribution in [0, 0.1) is 0 Å². The van der Waals surface area contributed by atoms with Crippen molar-refractivity contribution in [2.45, 2.75) is 39.0 Å². The van der Waals surface area contributed by atoms with Crippen molar-refractivity contribution >= 4 is 9.28 Å². The van der Waals surface area contributed by atoms with Crippen LogP contribution >= 0.6 is 0 Å². The Morgan fingerprint density at radius 2 is 1.87 bits per heavy atom. The summed E-state index contributed by atoms with van der Waals surface area (Å²) in [6, 6.07) is 0. The van der Waals surface area contributed by atoms with Gasteiger partial charge in [0.1, 0.15) is 11.8 Å². The molecule has 0 N–H and O–H groups in total. The summed E-state index contributed by atoms with van der Waals surface area (Å²) in [5.74, 6) is 0. The number of epoxide rings is 1. The number of ether oxygens (including phenoxy) is 2. The lowest BCUT2D eigenvalue weighted by atomic mass is 10.5. The van der Waals surface area contributed by atoms with E-state index in [-0.39, 0.29) is 5.73 Å². The number of hydrogen-bond acceptors (Lipinski definition) is 4. The molecule has 2 atom stereocenters. The molecular formula is C10H21O4Si. The minimum Gasteiger partial charge on any atom is -0.392 e. The molecule has 1 aliphatic rings. The molecule has 1 saturated heterocycles. The first-order chi connectivity index (χ1) is 7.31. The third kappa shape index (κ3) is 5.08. The maximum atomic E-state index is 5.75. The fourth-order valence-electron chi connectivity index (χ4n) is 1.25. The summed E-state index contributed by atoms with van der Waals surface area (Å²) in [6.07, 6.45) is 1.24. The van der Waals surface area contributed by atoms with E-state index in [1.54, 1.807) is 0 Å². The van der Waals surface area contributed by atoms with Crippen molar-refractivity contribution in [3.8, 4) is 0 Å². The summed E-state index contributed by atoms with van der Waals surface area (Å²) < 4.78 is 22.1. The van der Waals surface area contributed by atoms with E-state index in [0.717, 1.165) is 13.0 Å². The van der Waals surface area contributed by atoms with Crippen LogP contribution in [0.4, 0.5) is 0 Å². The van der Waals surface area contributed by atoms with Crippen LogP contribution in [0.5, 0.6) is 0 Å². The van der Waals surface area contributed by atoms with Crippen molar-refractivity contribution in [3.05, 3.63) is 0 Å². The minimum absolute atomic E-state index is 0.110. The summed E-state index contributed by atoms with van der Waals surface area (Å²) in [4.78, 5) is 0. The highest BCUT2D eigenvalue weighted by Crippen LogP contribution is 2.13. The van der Waals surface area contributed by atoms with Crippen molar-refractivity contribution < 1.29 is 18.3 Å². The zero-order chi connectivity index (χ0) is 11.1. The molecule has 0 aromatic rings. The molecule has 15 heavy (non-hydrogen) atoms. The van der Waals surface area contributed by atoms with E-state index in [1.807, 2.05) is 13.8 Å². The topological polar surface area (TPSA) is 40.2 Å². The second kappa shape index (κ2) is 7.35. The molecule has 1 radical (unpaired) electrons. The maximum absolute atomic E-state index is 5.75. The molecular weight excluding hydrogens is 212 g/mol. The Labute approximate surface area is 93.7 Å². The molecule has 2 unspecified atom stereocenters. The molecule has 0 amide bonds. The molecule has 0 aromatic carbocycles. The van der Waals surface area contributed by atoms with Gasteiger partial charge in [0.05, 0.1) is 13.2 Å². The van der Waals surface area contributed by atoms with Crippen LogP contribution in [0.2, 0.25) is 0 Å². The van der Waals surface area contributed by atoms with E-state index in [4.69, 9.17) is 18.3 Å². The molecule has 1 fully saturated rings. The molecule has 0 aliphatic carbocycles. The van der Waals surface area contributed by atoms with Gasteiger partial charge in [0.25, 0.3) is 0 Å². The Morgan fingerprint density at radius 1 is 1.27 bits per heavy atom. The number of rotatable bonds is 9. The summed E-state index contributed by atoms with van der Waals surface area (Å²) in [7, 11) is -1.28. The van der Waals surface area contributed by atoms with Gasteiger partial charge in [-0.25, -0.2) is 0 Å². The van der Waals surface area contributed by atoms with Crippen LogP contribution in [0.25, 0.3) is 0 Å². The highest BCUT2D eigenvalue weighted by atomic mass is 28.3. The molecule has 0 bridgehead atoms. The average molecular weight is 233 g/mol. The van der Waals surface area contributed by atoms with Crippen molar-refractivity contribution in [2.24, 2.45) is 0 Å². The zero-order valence-electron chi connectivity index (χ0n) is 9.82. The van der Waals surface area contributed by atoms with Gasteiger partial charge in [-0.15, -0.1) is 0 Å². The van der Waals surface area contributed by atoms with Gasteiger partial charge in [0, 0.05) is 13.2 Å². The third-order valence-corrected chi connectivity index (χ3v) is 4.34. The highest BCUT2D eigenvalue weighted by Gasteiger charge is 2.31. The predicted molar refractivity (Wildman–Crippen MR) is 58.8 cm³/mol. The molecule has 0 saturated carbocycles. The summed E-state index contributed by atoms with van der Waals surface area (Å²) in [6.45, 7) is 8.96. The van der Waals surface area contributed by atoms with E-state index in [1.165, 1.54) is 0 Å². The van der Waals surface area contributed by atoms with E-state index in [2.05, 4.69) is 6.92 Å². The first-order valence-corrected chi connectivity index (χ1v) is 7.06. The van der Waals surface area contributed by atoms with Crippen LogP contribution in [0.15, 0.2) is 0 Å². The van der Waals surface area contributed by atoms with Gasteiger partial charge in [-0.2, -0.15) is 0 Å². The summed E-state index contributed by atoms with van der Waals surface area (Å²) in [5.41, 5.74) is 0.110. The Bertz CT molecular complexity index is 158. The zero-order valence-corrected chi connectivity index (χ0v) is 10.8. The van der Waals surface area contributed by atoms with Crippen LogP contribution in [-0.2, 0) is 18.3 Å². The third-order valence-electron chi connectivity index (χ3n) is 2.09. The average Bonchev–Trinajstić information content (AvgIpc) is 3.03. The molecule has 89 valence electrons. The van der Waals surface area contributed by atoms with Crippen LogP contribution in [0.3, 0.4) is 0 Å². The molecule has 0 spiro atoms. The quantitative estimate of drug-likeness (QED) is 0.444. The van der Waals surface area contributed by atoms with Crippen LogP contribution in [-0.4, -0.2) is 47.5 Å². The second-order valence-electron chi connectivity index (χ2n) is 3.37. The molecule has 0 aromatic heterocycles. The smallest absolute Gasteiger partial charge is 0.392 e. The molecule has 1 aliphatic heterocycles. The van der Waals surface area contributed by atoms with Gasteiger partial charge in [0.2, 0.25) is 0 Å². The lowest BCUT2D eigenvalue weighted by molar-refractivity contribution is 0.0499. The first-order valence-electron chi connectivity index (χ1n) is 5.67. The molecule has 5 heteroatoms. The largest absolute Gasteiger partial charge is 0.416 e. The Balaban J connectivity index is 2.28. The van der Waals surface area contributed by atoms with Gasteiger partial charge in [-0.1, -0.05) is 6.92 Å². The van der Waals surface area contributed by atoms with Crippen molar-refractivity contribution in [3.63, 3.8) is 0 Å². The fourth-order valence-corrected chi connectivity index (χ4v) is 2.84. The lowest BCUT2D eigenvalue weighted by Gasteiger charge is -2.22. The van der Waals surface area contributed by atoms with Crippen LogP contribution < -0.4 is 0 Å². The van der Waals surface area contributed by atoms with E-state index in [9.17, 15) is 0 Å². The van der Waals surface area contributed by atoms with Gasteiger partial charge < -0.3 is 18.3 Å². The predicted octanol–water partition coefficient (Wildman–Crippen LogP) is 1.28. The van der Waals surface area contributed by atoms with E-state index < -0.39 is 9.28 Å². The standard InChI is InChI=1S/C10H21O4Si/c1-4-10(12-8-9-7-11-9)15(13-5-2)14-6-3/h9-10H,4-8H2,1-3H3. The number of hydrogen-bond donors (Lipinski definition) is 0. The van der Waals surface area contributed by atoms with Gasteiger partial charge >= 0.3 is 9.28 Å². The summed E-state index contributed by atoms with van der Waals surface area (Å²) >= 11 is 0. The normalized spacial score (nSPS) is 22.0. The Morgan fingerprint density at radius 3 is 2.27 bits per heavy atom. The minimum atomic E-state index is -1.28. The van der Waals surface area contributed by atoms with E-state index in [0.29, 0.717) is 25.9 Å². The van der Waals surface area contributed by atoms with Gasteiger partial charge in [-0.3, -0.25) is 0 Å². The Kier molecular flexibility index (Phi) is 6.43.